The highest BCUT2D eigenvalue weighted by Gasteiger charge is 2.02. The first-order chi connectivity index (χ1) is 8.54. The van der Waals surface area contributed by atoms with Crippen LogP contribution in [0.25, 0.3) is 0 Å². The van der Waals surface area contributed by atoms with E-state index in [9.17, 15) is 0 Å². The van der Waals surface area contributed by atoms with Crippen molar-refractivity contribution < 1.29 is 0 Å². The van der Waals surface area contributed by atoms with Crippen LogP contribution in [0, 0.1) is 6.92 Å². The highest BCUT2D eigenvalue weighted by Crippen LogP contribution is 2.13. The quantitative estimate of drug-likeness (QED) is 0.613. The molecule has 0 aromatic heterocycles. The average Bonchev–Trinajstić information content (AvgIpc) is 2.32. The van der Waals surface area contributed by atoms with Gasteiger partial charge in [0.05, 0.1) is 11.4 Å². The normalized spacial score (nSPS) is 10.4. The molecule has 0 aliphatic heterocycles. The molecule has 1 aromatic carbocycles. The van der Waals surface area contributed by atoms with Crippen LogP contribution in [0.15, 0.2) is 52.8 Å². The highest BCUT2D eigenvalue weighted by atomic mass is 14.9. The van der Waals surface area contributed by atoms with Gasteiger partial charge in [0.25, 0.3) is 0 Å². The molecule has 18 heavy (non-hydrogen) atoms. The Morgan fingerprint density at radius 1 is 1.39 bits per heavy atom. The van der Waals surface area contributed by atoms with Crippen LogP contribution in [-0.4, -0.2) is 6.21 Å². The molecule has 0 bridgehead atoms. The third-order valence-corrected chi connectivity index (χ3v) is 2.61. The molecule has 0 saturated carbocycles. The van der Waals surface area contributed by atoms with Crippen molar-refractivity contribution in [2.75, 3.05) is 0 Å². The lowest BCUT2D eigenvalue weighted by Crippen LogP contribution is -2.13. The minimum Gasteiger partial charge on any atom is -0.380 e. The van der Waals surface area contributed by atoms with Crippen molar-refractivity contribution >= 4 is 6.21 Å². The topological polar surface area (TPSA) is 24.4 Å². The van der Waals surface area contributed by atoms with Gasteiger partial charge in [0.2, 0.25) is 0 Å². The minimum atomic E-state index is 0.774. The summed E-state index contributed by atoms with van der Waals surface area (Å²) in [5.41, 5.74) is 5.49. The summed E-state index contributed by atoms with van der Waals surface area (Å²) in [6.07, 6.45) is 1.79. The van der Waals surface area contributed by atoms with E-state index in [0.717, 1.165) is 23.5 Å². The molecule has 0 unspecified atom stereocenters. The van der Waals surface area contributed by atoms with Gasteiger partial charge >= 0.3 is 0 Å². The molecule has 0 atom stereocenters. The molecule has 1 aromatic rings. The zero-order chi connectivity index (χ0) is 13.5. The van der Waals surface area contributed by atoms with E-state index in [1.54, 1.807) is 6.21 Å². The predicted molar refractivity (Wildman–Crippen MR) is 79.7 cm³/mol. The van der Waals surface area contributed by atoms with E-state index >= 15 is 0 Å². The van der Waals surface area contributed by atoms with Crippen LogP contribution in [0.4, 0.5) is 0 Å². The van der Waals surface area contributed by atoms with Crippen molar-refractivity contribution in [3.8, 4) is 0 Å². The first kappa shape index (κ1) is 14.2. The van der Waals surface area contributed by atoms with Crippen LogP contribution >= 0.6 is 0 Å². The molecular formula is C16H22N2. The lowest BCUT2D eigenvalue weighted by molar-refractivity contribution is 0.815. The van der Waals surface area contributed by atoms with E-state index in [2.05, 4.69) is 48.1 Å². The van der Waals surface area contributed by atoms with Gasteiger partial charge in [-0.25, -0.2) is 0 Å². The Kier molecular flexibility index (Phi) is 5.37. The SMILES string of the molecule is C=C(NCc1cccc(C)c1)C(N=CC)=C(C)C. The first-order valence-corrected chi connectivity index (χ1v) is 6.19. The second kappa shape index (κ2) is 6.80. The number of aliphatic imine (C=N–C) groups is 1. The molecule has 0 heterocycles. The van der Waals surface area contributed by atoms with E-state index in [1.807, 2.05) is 20.8 Å². The summed E-state index contributed by atoms with van der Waals surface area (Å²) in [5.74, 6) is 0. The number of benzene rings is 1. The van der Waals surface area contributed by atoms with Gasteiger partial charge in [0.15, 0.2) is 0 Å². The summed E-state index contributed by atoms with van der Waals surface area (Å²) in [7, 11) is 0. The Balaban J connectivity index is 2.69. The fourth-order valence-electron chi connectivity index (χ4n) is 1.75. The van der Waals surface area contributed by atoms with Gasteiger partial charge in [-0.1, -0.05) is 36.4 Å². The zero-order valence-corrected chi connectivity index (χ0v) is 11.7. The smallest absolute Gasteiger partial charge is 0.0837 e. The summed E-state index contributed by atoms with van der Waals surface area (Å²) >= 11 is 0. The van der Waals surface area contributed by atoms with Gasteiger partial charge in [-0.15, -0.1) is 0 Å². The predicted octanol–water partition coefficient (Wildman–Crippen LogP) is 3.98. The zero-order valence-electron chi connectivity index (χ0n) is 11.7. The lowest BCUT2D eigenvalue weighted by Gasteiger charge is -2.12. The van der Waals surface area contributed by atoms with Gasteiger partial charge in [0, 0.05) is 12.8 Å². The van der Waals surface area contributed by atoms with E-state index in [1.165, 1.54) is 11.1 Å². The van der Waals surface area contributed by atoms with Crippen LogP contribution in [-0.2, 0) is 6.54 Å². The number of nitrogens with zero attached hydrogens (tertiary/aromatic N) is 1. The molecule has 0 amide bonds. The van der Waals surface area contributed by atoms with Gasteiger partial charge in [-0.3, -0.25) is 4.99 Å². The molecule has 0 fully saturated rings. The molecular weight excluding hydrogens is 220 g/mol. The van der Waals surface area contributed by atoms with Crippen LogP contribution in [0.3, 0.4) is 0 Å². The molecule has 0 aliphatic carbocycles. The summed E-state index contributed by atoms with van der Waals surface area (Å²) in [5, 5.41) is 3.33. The Hall–Kier alpha value is -1.83. The summed E-state index contributed by atoms with van der Waals surface area (Å²) < 4.78 is 0. The number of allylic oxidation sites excluding steroid dienone is 1. The fourth-order valence-corrected chi connectivity index (χ4v) is 1.75. The second-order valence-corrected chi connectivity index (χ2v) is 4.56. The maximum Gasteiger partial charge on any atom is 0.0837 e. The molecule has 0 radical (unpaired) electrons. The molecule has 2 heteroatoms. The van der Waals surface area contributed by atoms with Crippen molar-refractivity contribution in [3.05, 3.63) is 58.9 Å². The van der Waals surface area contributed by atoms with Crippen LogP contribution in [0.5, 0.6) is 0 Å². The molecule has 0 aliphatic rings. The van der Waals surface area contributed by atoms with Crippen LogP contribution < -0.4 is 5.32 Å². The number of hydrogen-bond donors (Lipinski definition) is 1. The molecule has 0 spiro atoms. The van der Waals surface area contributed by atoms with E-state index < -0.39 is 0 Å². The standard InChI is InChI=1S/C16H22N2/c1-6-17-16(12(2)3)14(5)18-11-15-9-7-8-13(4)10-15/h6-10,18H,5,11H2,1-4H3. The van der Waals surface area contributed by atoms with Crippen molar-refractivity contribution in [1.29, 1.82) is 0 Å². The Labute approximate surface area is 110 Å². The Morgan fingerprint density at radius 2 is 2.11 bits per heavy atom. The molecule has 0 saturated heterocycles. The summed E-state index contributed by atoms with van der Waals surface area (Å²) in [6, 6.07) is 8.45. The third-order valence-electron chi connectivity index (χ3n) is 2.61. The molecule has 96 valence electrons. The maximum atomic E-state index is 4.35. The highest BCUT2D eigenvalue weighted by molar-refractivity contribution is 5.57. The van der Waals surface area contributed by atoms with Crippen LogP contribution in [0.2, 0.25) is 0 Å². The van der Waals surface area contributed by atoms with Crippen molar-refractivity contribution in [1.82, 2.24) is 5.32 Å². The number of rotatable bonds is 5. The first-order valence-electron chi connectivity index (χ1n) is 6.19. The Bertz CT molecular complexity index is 478. The third kappa shape index (κ3) is 4.21. The van der Waals surface area contributed by atoms with Gasteiger partial charge < -0.3 is 5.32 Å². The number of aryl methyl sites for hydroxylation is 1. The van der Waals surface area contributed by atoms with Gasteiger partial charge in [-0.05, 0) is 38.8 Å². The monoisotopic (exact) mass is 242 g/mol. The van der Waals surface area contributed by atoms with Gasteiger partial charge in [-0.2, -0.15) is 0 Å². The summed E-state index contributed by atoms with van der Waals surface area (Å²) in [4.78, 5) is 4.35. The number of hydrogen-bond acceptors (Lipinski definition) is 2. The van der Waals surface area contributed by atoms with E-state index in [-0.39, 0.29) is 0 Å². The second-order valence-electron chi connectivity index (χ2n) is 4.56. The van der Waals surface area contributed by atoms with E-state index in [4.69, 9.17) is 0 Å². The maximum absolute atomic E-state index is 4.35. The van der Waals surface area contributed by atoms with Crippen molar-refractivity contribution in [3.63, 3.8) is 0 Å². The van der Waals surface area contributed by atoms with Crippen molar-refractivity contribution in [2.24, 2.45) is 4.99 Å². The molecule has 1 rings (SSSR count). The molecule has 1 N–H and O–H groups in total. The number of nitrogens with one attached hydrogen (secondary N) is 1. The lowest BCUT2D eigenvalue weighted by atomic mass is 10.1. The van der Waals surface area contributed by atoms with Gasteiger partial charge in [0.1, 0.15) is 0 Å². The largest absolute Gasteiger partial charge is 0.380 e. The minimum absolute atomic E-state index is 0.774. The van der Waals surface area contributed by atoms with E-state index in [0.29, 0.717) is 0 Å². The molecule has 2 nitrogen and oxygen atoms in total. The Morgan fingerprint density at radius 3 is 2.67 bits per heavy atom. The summed E-state index contributed by atoms with van der Waals surface area (Å²) in [6.45, 7) is 12.9. The van der Waals surface area contributed by atoms with Crippen molar-refractivity contribution in [2.45, 2.75) is 34.2 Å². The average molecular weight is 242 g/mol. The van der Waals surface area contributed by atoms with Crippen LogP contribution in [0.1, 0.15) is 31.9 Å². The fraction of sp³-hybridized carbons (Fsp3) is 0.312.